The molecule has 0 heterocycles. The molecule has 0 aliphatic carbocycles. The zero-order valence-electron chi connectivity index (χ0n) is 10.7. The zero-order valence-corrected chi connectivity index (χ0v) is 13.1. The standard InChI is InChI=1S/C14H13BrFNO2S/c1-9-2-5-13(17)14(6-9)20(18,19)8-10-3-4-11(15)7-12(10)16/h2-7H,8,17H2,1H3. The second kappa shape index (κ2) is 5.54. The largest absolute Gasteiger partial charge is 0.398 e. The molecule has 2 aromatic rings. The molecule has 20 heavy (non-hydrogen) atoms. The van der Waals surface area contributed by atoms with Crippen LogP contribution < -0.4 is 5.73 Å². The summed E-state index contributed by atoms with van der Waals surface area (Å²) < 4.78 is 39.0. The van der Waals surface area contributed by atoms with Crippen LogP contribution in [0.2, 0.25) is 0 Å². The molecule has 2 N–H and O–H groups in total. The third kappa shape index (κ3) is 3.19. The van der Waals surface area contributed by atoms with E-state index in [0.29, 0.717) is 4.47 Å². The van der Waals surface area contributed by atoms with E-state index in [1.165, 1.54) is 18.2 Å². The minimum Gasteiger partial charge on any atom is -0.398 e. The van der Waals surface area contributed by atoms with Gasteiger partial charge in [0, 0.05) is 10.0 Å². The normalized spacial score (nSPS) is 11.6. The molecule has 0 saturated carbocycles. The molecule has 106 valence electrons. The Kier molecular flexibility index (Phi) is 4.15. The molecule has 2 rings (SSSR count). The van der Waals surface area contributed by atoms with Crippen molar-refractivity contribution < 1.29 is 12.8 Å². The average Bonchev–Trinajstić information content (AvgIpc) is 2.35. The van der Waals surface area contributed by atoms with Crippen molar-refractivity contribution in [3.05, 3.63) is 57.8 Å². The maximum absolute atomic E-state index is 13.8. The Morgan fingerprint density at radius 2 is 1.90 bits per heavy atom. The average molecular weight is 358 g/mol. The fourth-order valence-electron chi connectivity index (χ4n) is 1.83. The first kappa shape index (κ1) is 15.0. The van der Waals surface area contributed by atoms with Gasteiger partial charge in [0.05, 0.1) is 16.3 Å². The van der Waals surface area contributed by atoms with Gasteiger partial charge in [-0.3, -0.25) is 0 Å². The molecule has 0 spiro atoms. The number of nitrogens with two attached hydrogens (primary N) is 1. The van der Waals surface area contributed by atoms with Crippen LogP contribution in [0.1, 0.15) is 11.1 Å². The van der Waals surface area contributed by atoms with Gasteiger partial charge in [0.15, 0.2) is 9.84 Å². The molecule has 3 nitrogen and oxygen atoms in total. The van der Waals surface area contributed by atoms with Crippen LogP contribution in [0.4, 0.5) is 10.1 Å². The van der Waals surface area contributed by atoms with Gasteiger partial charge in [0.2, 0.25) is 0 Å². The SMILES string of the molecule is Cc1ccc(N)c(S(=O)(=O)Cc2ccc(Br)cc2F)c1. The summed E-state index contributed by atoms with van der Waals surface area (Å²) in [6.45, 7) is 1.78. The Bertz CT molecular complexity index is 760. The lowest BCUT2D eigenvalue weighted by atomic mass is 10.2. The third-order valence-electron chi connectivity index (χ3n) is 2.86. The first-order chi connectivity index (χ1) is 9.29. The van der Waals surface area contributed by atoms with Crippen LogP contribution in [0.15, 0.2) is 45.8 Å². The number of aryl methyl sites for hydroxylation is 1. The topological polar surface area (TPSA) is 60.2 Å². The summed E-state index contributed by atoms with van der Waals surface area (Å²) >= 11 is 3.13. The quantitative estimate of drug-likeness (QED) is 0.855. The van der Waals surface area contributed by atoms with E-state index in [9.17, 15) is 12.8 Å². The Morgan fingerprint density at radius 3 is 2.55 bits per heavy atom. The van der Waals surface area contributed by atoms with Gasteiger partial charge in [-0.2, -0.15) is 0 Å². The summed E-state index contributed by atoms with van der Waals surface area (Å²) in [7, 11) is -3.68. The first-order valence-electron chi connectivity index (χ1n) is 5.82. The van der Waals surface area contributed by atoms with Gasteiger partial charge in [-0.1, -0.05) is 28.1 Å². The van der Waals surface area contributed by atoms with Crippen molar-refractivity contribution >= 4 is 31.5 Å². The monoisotopic (exact) mass is 357 g/mol. The molecule has 0 radical (unpaired) electrons. The Morgan fingerprint density at radius 1 is 1.20 bits per heavy atom. The minimum absolute atomic E-state index is 0.0415. The molecule has 0 aliphatic rings. The summed E-state index contributed by atoms with van der Waals surface area (Å²) in [4.78, 5) is 0.0415. The van der Waals surface area contributed by atoms with Gasteiger partial charge in [-0.15, -0.1) is 0 Å². The van der Waals surface area contributed by atoms with Crippen molar-refractivity contribution in [2.24, 2.45) is 0 Å². The van der Waals surface area contributed by atoms with Gasteiger partial charge in [0.25, 0.3) is 0 Å². The van der Waals surface area contributed by atoms with E-state index in [0.717, 1.165) is 5.56 Å². The van der Waals surface area contributed by atoms with Crippen molar-refractivity contribution in [1.82, 2.24) is 0 Å². The zero-order chi connectivity index (χ0) is 14.9. The molecule has 0 bridgehead atoms. The maximum Gasteiger partial charge on any atom is 0.184 e. The van der Waals surface area contributed by atoms with Gasteiger partial charge in [-0.25, -0.2) is 12.8 Å². The fourth-order valence-corrected chi connectivity index (χ4v) is 3.76. The van der Waals surface area contributed by atoms with E-state index >= 15 is 0 Å². The van der Waals surface area contributed by atoms with E-state index in [2.05, 4.69) is 15.9 Å². The van der Waals surface area contributed by atoms with Crippen LogP contribution in [-0.2, 0) is 15.6 Å². The number of sulfone groups is 1. The summed E-state index contributed by atoms with van der Waals surface area (Å²) in [5, 5.41) is 0. The lowest BCUT2D eigenvalue weighted by Gasteiger charge is -2.09. The Balaban J connectivity index is 2.43. The van der Waals surface area contributed by atoms with Gasteiger partial charge in [-0.05, 0) is 36.8 Å². The van der Waals surface area contributed by atoms with E-state index in [1.807, 2.05) is 0 Å². The number of rotatable bonds is 3. The molecule has 2 aromatic carbocycles. The number of hydrogen-bond acceptors (Lipinski definition) is 3. The molecule has 0 amide bonds. The highest BCUT2D eigenvalue weighted by atomic mass is 79.9. The molecule has 0 unspecified atom stereocenters. The smallest absolute Gasteiger partial charge is 0.184 e. The second-order valence-corrected chi connectivity index (χ2v) is 7.41. The molecule has 0 fully saturated rings. The van der Waals surface area contributed by atoms with Crippen molar-refractivity contribution in [2.75, 3.05) is 5.73 Å². The van der Waals surface area contributed by atoms with Gasteiger partial charge in [0.1, 0.15) is 5.82 Å². The number of nitrogen functional groups attached to an aromatic ring is 1. The predicted octanol–water partition coefficient (Wildman–Crippen LogP) is 3.45. The molecule has 0 saturated heterocycles. The van der Waals surface area contributed by atoms with E-state index in [4.69, 9.17) is 5.73 Å². The number of anilines is 1. The lowest BCUT2D eigenvalue weighted by molar-refractivity contribution is 0.587. The van der Waals surface area contributed by atoms with Crippen molar-refractivity contribution in [3.8, 4) is 0 Å². The van der Waals surface area contributed by atoms with Crippen molar-refractivity contribution in [1.29, 1.82) is 0 Å². The first-order valence-corrected chi connectivity index (χ1v) is 8.27. The summed E-state index contributed by atoms with van der Waals surface area (Å²) in [5.74, 6) is -0.978. The number of benzene rings is 2. The Hall–Kier alpha value is -1.40. The second-order valence-electron chi connectivity index (χ2n) is 4.54. The van der Waals surface area contributed by atoms with Crippen molar-refractivity contribution in [2.45, 2.75) is 17.6 Å². The van der Waals surface area contributed by atoms with E-state index in [-0.39, 0.29) is 16.1 Å². The summed E-state index contributed by atoms with van der Waals surface area (Å²) in [6, 6.07) is 9.07. The van der Waals surface area contributed by atoms with Crippen LogP contribution in [0.5, 0.6) is 0 Å². The van der Waals surface area contributed by atoms with Crippen molar-refractivity contribution in [3.63, 3.8) is 0 Å². The molecule has 0 aliphatic heterocycles. The highest BCUT2D eigenvalue weighted by molar-refractivity contribution is 9.10. The number of hydrogen-bond donors (Lipinski definition) is 1. The summed E-state index contributed by atoms with van der Waals surface area (Å²) in [5.41, 5.74) is 6.79. The van der Waals surface area contributed by atoms with Gasteiger partial charge >= 0.3 is 0 Å². The minimum atomic E-state index is -3.68. The van der Waals surface area contributed by atoms with Crippen LogP contribution in [0.25, 0.3) is 0 Å². The predicted molar refractivity (Wildman–Crippen MR) is 80.6 cm³/mol. The van der Waals surface area contributed by atoms with Crippen LogP contribution in [0.3, 0.4) is 0 Å². The van der Waals surface area contributed by atoms with Crippen LogP contribution in [-0.4, -0.2) is 8.42 Å². The van der Waals surface area contributed by atoms with Crippen LogP contribution >= 0.6 is 15.9 Å². The molecule has 6 heteroatoms. The molecular formula is C14H13BrFNO2S. The molecule has 0 aromatic heterocycles. The lowest BCUT2D eigenvalue weighted by Crippen LogP contribution is -2.09. The van der Waals surface area contributed by atoms with Gasteiger partial charge < -0.3 is 5.73 Å². The molecule has 0 atom stereocenters. The van der Waals surface area contributed by atoms with E-state index < -0.39 is 21.4 Å². The number of halogens is 2. The highest BCUT2D eigenvalue weighted by Crippen LogP contribution is 2.25. The maximum atomic E-state index is 13.8. The van der Waals surface area contributed by atoms with Crippen LogP contribution in [0, 0.1) is 12.7 Å². The Labute approximate surface area is 125 Å². The third-order valence-corrected chi connectivity index (χ3v) is 5.07. The summed E-state index contributed by atoms with van der Waals surface area (Å²) in [6.07, 6.45) is 0. The molecular weight excluding hydrogens is 345 g/mol. The fraction of sp³-hybridized carbons (Fsp3) is 0.143. The highest BCUT2D eigenvalue weighted by Gasteiger charge is 2.20. The van der Waals surface area contributed by atoms with E-state index in [1.54, 1.807) is 25.1 Å².